The lowest BCUT2D eigenvalue weighted by molar-refractivity contribution is -0.151. The van der Waals surface area contributed by atoms with E-state index in [2.05, 4.69) is 23.0 Å². The van der Waals surface area contributed by atoms with Crippen molar-refractivity contribution in [2.24, 2.45) is 11.8 Å². The smallest absolute Gasteiger partial charge is 0.191 e. The van der Waals surface area contributed by atoms with Crippen LogP contribution in [0.2, 0.25) is 0 Å². The summed E-state index contributed by atoms with van der Waals surface area (Å²) in [6.07, 6.45) is 3.05. The van der Waals surface area contributed by atoms with Gasteiger partial charge in [0.15, 0.2) is 34.2 Å². The average molecular weight is 579 g/mol. The van der Waals surface area contributed by atoms with Gasteiger partial charge in [-0.1, -0.05) is 24.8 Å². The molecule has 6 N–H and O–H groups in total. The van der Waals surface area contributed by atoms with E-state index in [4.69, 9.17) is 30.0 Å². The van der Waals surface area contributed by atoms with Gasteiger partial charge in [0, 0.05) is 30.2 Å². The van der Waals surface area contributed by atoms with Crippen molar-refractivity contribution in [1.82, 2.24) is 9.97 Å². The number of rotatable bonds is 13. The molecule has 5 atom stereocenters. The molecule has 0 bridgehead atoms. The lowest BCUT2D eigenvalue weighted by Crippen LogP contribution is -2.31. The Morgan fingerprint density at radius 2 is 2.00 bits per heavy atom. The number of benzene rings is 1. The normalized spacial score (nSPS) is 26.3. The first-order valence-corrected chi connectivity index (χ1v) is 14.5. The molecule has 40 heavy (non-hydrogen) atoms. The van der Waals surface area contributed by atoms with E-state index in [0.29, 0.717) is 34.8 Å². The van der Waals surface area contributed by atoms with E-state index in [1.165, 1.54) is 17.8 Å². The highest BCUT2D eigenvalue weighted by molar-refractivity contribution is 7.99. The molecule has 10 nitrogen and oxygen atoms in total. The van der Waals surface area contributed by atoms with Crippen molar-refractivity contribution in [1.29, 1.82) is 0 Å². The van der Waals surface area contributed by atoms with Crippen LogP contribution in [0.25, 0.3) is 0 Å². The van der Waals surface area contributed by atoms with Crippen molar-refractivity contribution >= 4 is 29.1 Å². The number of hydrogen-bond donors (Lipinski definition) is 5. The van der Waals surface area contributed by atoms with Gasteiger partial charge in [-0.25, -0.2) is 18.7 Å². The quantitative estimate of drug-likeness (QED) is 0.102. The molecule has 1 saturated carbocycles. The van der Waals surface area contributed by atoms with Crippen molar-refractivity contribution < 1.29 is 28.1 Å². The van der Waals surface area contributed by atoms with Gasteiger partial charge in [0.1, 0.15) is 30.3 Å². The maximum Gasteiger partial charge on any atom is 0.191 e. The van der Waals surface area contributed by atoms with E-state index in [0.717, 1.165) is 30.2 Å². The summed E-state index contributed by atoms with van der Waals surface area (Å²) < 4.78 is 45.2. The number of ether oxygens (including phenoxy) is 3. The number of halogens is 2. The minimum absolute atomic E-state index is 0.0141. The monoisotopic (exact) mass is 578 g/mol. The van der Waals surface area contributed by atoms with Crippen molar-refractivity contribution in [2.45, 2.75) is 68.7 Å². The molecule has 0 unspecified atom stereocenters. The Morgan fingerprint density at radius 1 is 1.20 bits per heavy atom. The molecule has 218 valence electrons. The molecular weight excluding hydrogens is 542 g/mol. The van der Waals surface area contributed by atoms with Crippen LogP contribution in [-0.4, -0.2) is 64.6 Å². The number of aliphatic hydroxyl groups excluding tert-OH is 1. The van der Waals surface area contributed by atoms with Crippen LogP contribution in [0.5, 0.6) is 0 Å². The number of hydrazine groups is 1. The van der Waals surface area contributed by atoms with Crippen LogP contribution in [-0.2, 0) is 14.2 Å². The van der Waals surface area contributed by atoms with Gasteiger partial charge in [-0.3, -0.25) is 5.84 Å². The maximum atomic E-state index is 13.8. The first-order valence-electron chi connectivity index (χ1n) is 13.5. The summed E-state index contributed by atoms with van der Waals surface area (Å²) in [6, 6.07) is 4.00. The molecule has 2 aromatic rings. The lowest BCUT2D eigenvalue weighted by Gasteiger charge is -2.22. The van der Waals surface area contributed by atoms with Gasteiger partial charge in [0.05, 0.1) is 6.61 Å². The Morgan fingerprint density at radius 3 is 2.73 bits per heavy atom. The predicted molar refractivity (Wildman–Crippen MR) is 149 cm³/mol. The van der Waals surface area contributed by atoms with Crippen LogP contribution < -0.4 is 21.9 Å². The second-order valence-electron chi connectivity index (χ2n) is 10.5. The van der Waals surface area contributed by atoms with Gasteiger partial charge in [-0.15, -0.1) is 0 Å². The van der Waals surface area contributed by atoms with Crippen LogP contribution in [0, 0.1) is 17.6 Å². The number of aliphatic hydroxyl groups is 1. The van der Waals surface area contributed by atoms with Crippen molar-refractivity contribution in [2.75, 3.05) is 41.6 Å². The maximum absolute atomic E-state index is 13.8. The molecule has 2 fully saturated rings. The van der Waals surface area contributed by atoms with Crippen LogP contribution in [0.3, 0.4) is 0 Å². The number of fused-ring (bicyclic) bond motifs is 1. The summed E-state index contributed by atoms with van der Waals surface area (Å²) in [6.45, 7) is 6.34. The van der Waals surface area contributed by atoms with Gasteiger partial charge < -0.3 is 35.4 Å². The molecule has 13 heteroatoms. The first-order chi connectivity index (χ1) is 19.2. The van der Waals surface area contributed by atoms with Crippen molar-refractivity contribution in [3.63, 3.8) is 0 Å². The Labute approximate surface area is 236 Å². The Balaban J connectivity index is 1.34. The highest BCUT2D eigenvalue weighted by Gasteiger charge is 2.51. The number of anilines is 3. The fraction of sp³-hybridized carbons (Fsp3) is 0.556. The molecule has 2 aliphatic carbocycles. The molecule has 0 spiro atoms. The number of aromatic nitrogens is 2. The predicted octanol–water partition coefficient (Wildman–Crippen LogP) is 3.97. The van der Waals surface area contributed by atoms with Crippen LogP contribution in [0.1, 0.15) is 45.1 Å². The highest BCUT2D eigenvalue weighted by atomic mass is 32.2. The summed E-state index contributed by atoms with van der Waals surface area (Å²) in [7, 11) is 0. The fourth-order valence-electron chi connectivity index (χ4n) is 5.11. The Bertz CT molecular complexity index is 1250. The van der Waals surface area contributed by atoms with Gasteiger partial charge in [-0.05, 0) is 50.5 Å². The number of nitrogens with two attached hydrogens (primary N) is 1. The van der Waals surface area contributed by atoms with Crippen LogP contribution in [0.4, 0.5) is 26.1 Å². The van der Waals surface area contributed by atoms with E-state index in [-0.39, 0.29) is 43.3 Å². The Kier molecular flexibility index (Phi) is 8.66. The third-order valence-electron chi connectivity index (χ3n) is 7.03. The highest BCUT2D eigenvalue weighted by Crippen LogP contribution is 2.45. The number of nitrogen functional groups attached to an aromatic ring is 1. The third kappa shape index (κ3) is 6.28. The molecule has 2 heterocycles. The number of nitrogens with zero attached hydrogens (tertiary/aromatic N) is 2. The van der Waals surface area contributed by atoms with Gasteiger partial charge in [0.25, 0.3) is 0 Å². The molecule has 5 rings (SSSR count). The van der Waals surface area contributed by atoms with E-state index in [1.54, 1.807) is 6.07 Å². The molecule has 1 saturated heterocycles. The standard InChI is InChI=1S/C27H36F2N6O4S/c1-4-9-40-26-33-24(31-13-15-11-20(37-8-7-36)23-22(15)38-27(2,3)39-23)21(35-30)25(34-26)32-19-12-16(19)14-5-6-17(28)18(29)10-14/h5-6,10-11,15-16,19,22-23,35-36H,4,7-9,12-13,30H2,1-3H3,(H2,31,32,33,34)/t15-,16-,19+,22-,23+/m0/s1. The largest absolute Gasteiger partial charge is 0.493 e. The molecule has 3 aliphatic rings. The van der Waals surface area contributed by atoms with E-state index < -0.39 is 17.4 Å². The van der Waals surface area contributed by atoms with E-state index in [9.17, 15) is 13.9 Å². The zero-order valence-corrected chi connectivity index (χ0v) is 23.6. The number of thioether (sulfide) groups is 1. The zero-order valence-electron chi connectivity index (χ0n) is 22.7. The molecule has 0 radical (unpaired) electrons. The summed E-state index contributed by atoms with van der Waals surface area (Å²) >= 11 is 1.54. The van der Waals surface area contributed by atoms with Crippen LogP contribution >= 0.6 is 11.8 Å². The third-order valence-corrected chi connectivity index (χ3v) is 8.08. The summed E-state index contributed by atoms with van der Waals surface area (Å²) in [5.74, 6) is 5.96. The van der Waals surface area contributed by atoms with Gasteiger partial charge in [0.2, 0.25) is 0 Å². The topological polar surface area (TPSA) is 136 Å². The molecule has 1 aliphatic heterocycles. The Hall–Kier alpha value is -2.71. The summed E-state index contributed by atoms with van der Waals surface area (Å²) in [4.78, 5) is 9.42. The first kappa shape index (κ1) is 28.8. The molecule has 1 aromatic heterocycles. The summed E-state index contributed by atoms with van der Waals surface area (Å²) in [5, 5.41) is 16.6. The zero-order chi connectivity index (χ0) is 28.4. The molecular formula is C27H36F2N6O4S. The van der Waals surface area contributed by atoms with Gasteiger partial charge >= 0.3 is 0 Å². The second kappa shape index (κ2) is 12.0. The second-order valence-corrected chi connectivity index (χ2v) is 11.6. The van der Waals surface area contributed by atoms with E-state index >= 15 is 0 Å². The minimum atomic E-state index is -0.860. The van der Waals surface area contributed by atoms with Gasteiger partial charge in [-0.2, -0.15) is 0 Å². The molecule has 0 amide bonds. The van der Waals surface area contributed by atoms with Crippen molar-refractivity contribution in [3.05, 3.63) is 47.2 Å². The average Bonchev–Trinajstić information content (AvgIpc) is 3.52. The number of hydrogen-bond acceptors (Lipinski definition) is 11. The van der Waals surface area contributed by atoms with Crippen LogP contribution in [0.15, 0.2) is 35.2 Å². The number of nitrogens with one attached hydrogen (secondary N) is 3. The van der Waals surface area contributed by atoms with E-state index in [1.807, 2.05) is 19.9 Å². The SMILES string of the molecule is CCCSc1nc(NC[C@@H]2C=C(OCCO)[C@H]3OC(C)(C)O[C@H]32)c(NN)c(N[C@@H]2C[C@H]2c2ccc(F)c(F)c2)n1. The molecule has 1 aromatic carbocycles. The minimum Gasteiger partial charge on any atom is -0.493 e. The summed E-state index contributed by atoms with van der Waals surface area (Å²) in [5.41, 5.74) is 3.96. The fourth-order valence-corrected chi connectivity index (χ4v) is 5.81. The lowest BCUT2D eigenvalue weighted by atomic mass is 10.1. The van der Waals surface area contributed by atoms with Crippen molar-refractivity contribution in [3.8, 4) is 0 Å².